The van der Waals surface area contributed by atoms with E-state index >= 15 is 0 Å². The van der Waals surface area contributed by atoms with Crippen molar-refractivity contribution in [2.24, 2.45) is 0 Å². The van der Waals surface area contributed by atoms with Crippen molar-refractivity contribution in [3.8, 4) is 0 Å². The molecule has 29 heavy (non-hydrogen) atoms. The third-order valence-electron chi connectivity index (χ3n) is 6.27. The Labute approximate surface area is 175 Å². The molecule has 0 radical (unpaired) electrons. The summed E-state index contributed by atoms with van der Waals surface area (Å²) in [6.45, 7) is 0. The number of Topliss-reactive ketones (excluding diaryl/α,β-unsaturated/α-hetero) is 1. The van der Waals surface area contributed by atoms with E-state index in [1.807, 2.05) is 29.1 Å². The third kappa shape index (κ3) is 3.22. The summed E-state index contributed by atoms with van der Waals surface area (Å²) in [7, 11) is 2.11. The van der Waals surface area contributed by atoms with Gasteiger partial charge in [-0.3, -0.25) is 4.79 Å². The van der Waals surface area contributed by atoms with Gasteiger partial charge in [0.05, 0.1) is 11.6 Å². The molecule has 1 aromatic heterocycles. The monoisotopic (exact) mass is 404 g/mol. The minimum atomic E-state index is -0.212. The Balaban J connectivity index is 1.44. The van der Waals surface area contributed by atoms with E-state index < -0.39 is 0 Å². The normalized spacial score (nSPS) is 20.9. The van der Waals surface area contributed by atoms with Crippen molar-refractivity contribution in [3.63, 3.8) is 0 Å². The first-order valence-corrected chi connectivity index (χ1v) is 10.5. The fourth-order valence-electron chi connectivity index (χ4n) is 4.72. The van der Waals surface area contributed by atoms with Crippen molar-refractivity contribution < 1.29 is 9.36 Å². The number of benzene rings is 2. The van der Waals surface area contributed by atoms with E-state index in [2.05, 4.69) is 42.4 Å². The molecule has 4 nitrogen and oxygen atoms in total. The van der Waals surface area contributed by atoms with E-state index in [4.69, 9.17) is 16.6 Å². The summed E-state index contributed by atoms with van der Waals surface area (Å²) in [5.41, 5.74) is 4.36. The summed E-state index contributed by atoms with van der Waals surface area (Å²) < 4.78 is 2.00. The van der Waals surface area contributed by atoms with Crippen molar-refractivity contribution in [3.05, 3.63) is 88.3 Å². The highest BCUT2D eigenvalue weighted by Crippen LogP contribution is 2.35. The molecular weight excluding hydrogens is 382 g/mol. The zero-order valence-corrected chi connectivity index (χ0v) is 17.1. The molecule has 5 rings (SSSR count). The number of rotatable bonds is 2. The molecule has 0 amide bonds. The topological polar surface area (TPSA) is 37.1 Å². The van der Waals surface area contributed by atoms with Crippen LogP contribution in [0, 0.1) is 0 Å². The first-order valence-electron chi connectivity index (χ1n) is 10.1. The number of anilines is 1. The molecule has 0 spiro atoms. The van der Waals surface area contributed by atoms with Gasteiger partial charge in [-0.05, 0) is 53.9 Å². The quantitative estimate of drug-likeness (QED) is 0.589. The lowest BCUT2D eigenvalue weighted by Crippen LogP contribution is -2.47. The van der Waals surface area contributed by atoms with E-state index in [1.165, 1.54) is 11.1 Å². The molecule has 2 unspecified atom stereocenters. The van der Waals surface area contributed by atoms with Gasteiger partial charge in [0.1, 0.15) is 6.20 Å². The molecule has 0 bridgehead atoms. The van der Waals surface area contributed by atoms with Gasteiger partial charge < -0.3 is 4.90 Å². The van der Waals surface area contributed by atoms with Gasteiger partial charge in [-0.1, -0.05) is 48.0 Å². The number of ketones is 1. The molecule has 3 aromatic rings. The lowest BCUT2D eigenvalue weighted by molar-refractivity contribution is -0.711. The van der Waals surface area contributed by atoms with Crippen LogP contribution in [-0.4, -0.2) is 17.8 Å². The number of carbonyl (C=O) groups excluding carboxylic acids is 1. The van der Waals surface area contributed by atoms with Crippen molar-refractivity contribution in [1.82, 2.24) is 4.98 Å². The molecular formula is C24H23ClN3O+. The van der Waals surface area contributed by atoms with Crippen LogP contribution in [0.3, 0.4) is 0 Å². The molecule has 0 saturated carbocycles. The highest BCUT2D eigenvalue weighted by molar-refractivity contribution is 6.31. The lowest BCUT2D eigenvalue weighted by atomic mass is 9.87. The van der Waals surface area contributed by atoms with E-state index in [0.29, 0.717) is 11.1 Å². The predicted octanol–water partition coefficient (Wildman–Crippen LogP) is 4.52. The maximum Gasteiger partial charge on any atom is 0.289 e. The maximum absolute atomic E-state index is 13.1. The van der Waals surface area contributed by atoms with Crippen molar-refractivity contribution in [1.29, 1.82) is 0 Å². The molecule has 5 heteroatoms. The first-order chi connectivity index (χ1) is 14.1. The van der Waals surface area contributed by atoms with Gasteiger partial charge in [0.15, 0.2) is 6.04 Å². The number of halogens is 1. The van der Waals surface area contributed by atoms with Crippen LogP contribution >= 0.6 is 11.6 Å². The molecule has 2 aliphatic rings. The summed E-state index contributed by atoms with van der Waals surface area (Å²) in [5.74, 6) is 1.14. The van der Waals surface area contributed by atoms with Crippen molar-refractivity contribution >= 4 is 23.2 Å². The number of fused-ring (bicyclic) bond motifs is 2. The van der Waals surface area contributed by atoms with Crippen LogP contribution < -0.4 is 9.47 Å². The maximum atomic E-state index is 13.1. The second-order valence-electron chi connectivity index (χ2n) is 7.97. The molecule has 2 atom stereocenters. The Morgan fingerprint density at radius 2 is 1.86 bits per heavy atom. The van der Waals surface area contributed by atoms with Crippen LogP contribution in [0.15, 0.2) is 61.1 Å². The molecule has 0 fully saturated rings. The Morgan fingerprint density at radius 1 is 1.07 bits per heavy atom. The predicted molar refractivity (Wildman–Crippen MR) is 113 cm³/mol. The van der Waals surface area contributed by atoms with Gasteiger partial charge in [0.25, 0.3) is 6.33 Å². The van der Waals surface area contributed by atoms with Crippen LogP contribution in [0.1, 0.15) is 52.0 Å². The van der Waals surface area contributed by atoms with Gasteiger partial charge in [0, 0.05) is 17.6 Å². The lowest BCUT2D eigenvalue weighted by Gasteiger charge is -2.33. The van der Waals surface area contributed by atoms with Gasteiger partial charge in [0.2, 0.25) is 11.6 Å². The fourth-order valence-corrected chi connectivity index (χ4v) is 4.89. The smallest absolute Gasteiger partial charge is 0.289 e. The summed E-state index contributed by atoms with van der Waals surface area (Å²) in [6, 6.07) is 16.3. The summed E-state index contributed by atoms with van der Waals surface area (Å²) >= 11 is 6.13. The number of carbonyl (C=O) groups is 1. The number of hydrogen-bond donors (Lipinski definition) is 0. The number of aromatic nitrogens is 2. The second-order valence-corrected chi connectivity index (χ2v) is 8.40. The van der Waals surface area contributed by atoms with Crippen LogP contribution in [0.25, 0.3) is 0 Å². The minimum absolute atomic E-state index is 0.131. The third-order valence-corrected chi connectivity index (χ3v) is 6.50. The summed E-state index contributed by atoms with van der Waals surface area (Å²) in [6.07, 6.45) is 7.61. The van der Waals surface area contributed by atoms with E-state index in [9.17, 15) is 4.79 Å². The average molecular weight is 405 g/mol. The van der Waals surface area contributed by atoms with E-state index in [-0.39, 0.29) is 11.8 Å². The Morgan fingerprint density at radius 3 is 2.69 bits per heavy atom. The number of hydrogen-bond acceptors (Lipinski definition) is 3. The van der Waals surface area contributed by atoms with Gasteiger partial charge in [-0.2, -0.15) is 0 Å². The molecule has 2 aromatic carbocycles. The van der Waals surface area contributed by atoms with E-state index in [0.717, 1.165) is 42.6 Å². The van der Waals surface area contributed by atoms with Crippen LogP contribution in [0.5, 0.6) is 0 Å². The van der Waals surface area contributed by atoms with Crippen LogP contribution in [-0.2, 0) is 12.8 Å². The van der Waals surface area contributed by atoms with Crippen LogP contribution in [0.2, 0.25) is 5.02 Å². The highest BCUT2D eigenvalue weighted by Gasteiger charge is 2.35. The highest BCUT2D eigenvalue weighted by atomic mass is 35.5. The van der Waals surface area contributed by atoms with Gasteiger partial charge in [-0.25, -0.2) is 4.57 Å². The van der Waals surface area contributed by atoms with Crippen molar-refractivity contribution in [2.45, 2.75) is 37.8 Å². The van der Waals surface area contributed by atoms with E-state index in [1.54, 1.807) is 6.07 Å². The fraction of sp³-hybridized carbons (Fsp3) is 0.292. The standard InChI is InChI=1S/C24H23ClN3O/c1-27-21(17-5-3-2-4-6-17)11-9-18-14-28(15-26-24(18)27)22-12-8-16-7-10-19(25)13-20(16)23(22)29/h2-7,10,13-15,21-22H,8-9,11-12H2,1H3/q+1. The largest absolute Gasteiger partial charge is 0.332 e. The molecule has 1 aliphatic heterocycles. The molecule has 0 saturated heterocycles. The van der Waals surface area contributed by atoms with Gasteiger partial charge >= 0.3 is 0 Å². The molecule has 2 heterocycles. The molecule has 146 valence electrons. The van der Waals surface area contributed by atoms with Gasteiger partial charge in [-0.15, -0.1) is 0 Å². The first kappa shape index (κ1) is 18.3. The second kappa shape index (κ2) is 7.27. The summed E-state index contributed by atoms with van der Waals surface area (Å²) in [4.78, 5) is 20.2. The molecule has 1 aliphatic carbocycles. The Bertz CT molecular complexity index is 1080. The molecule has 0 N–H and O–H groups in total. The Hall–Kier alpha value is -2.72. The average Bonchev–Trinajstić information content (AvgIpc) is 2.75. The number of nitrogens with zero attached hydrogens (tertiary/aromatic N) is 3. The van der Waals surface area contributed by atoms with Crippen molar-refractivity contribution in [2.75, 3.05) is 11.9 Å². The summed E-state index contributed by atoms with van der Waals surface area (Å²) in [5, 5.41) is 0.611. The zero-order chi connectivity index (χ0) is 20.0. The SMILES string of the molecule is CN1c2nc[n+](C3CCc4ccc(Cl)cc4C3=O)cc2CCC1c1ccccc1. The number of aryl methyl sites for hydroxylation is 2. The zero-order valence-electron chi connectivity index (χ0n) is 16.4. The van der Waals surface area contributed by atoms with Crippen LogP contribution in [0.4, 0.5) is 5.82 Å². The Kier molecular flexibility index (Phi) is 4.59. The minimum Gasteiger partial charge on any atom is -0.332 e.